The highest BCUT2D eigenvalue weighted by Crippen LogP contribution is 2.39. The van der Waals surface area contributed by atoms with Crippen LogP contribution in [0, 0.1) is 5.41 Å². The average Bonchev–Trinajstić information content (AvgIpc) is 3.41. The molecule has 1 saturated carbocycles. The maximum Gasteiger partial charge on any atom is 0.323 e. The minimum Gasteiger partial charge on any atom is -0.488 e. The fraction of sp³-hybridized carbons (Fsp3) is 0.302. The Balaban J connectivity index is 0.000000154. The molecule has 3 aliphatic rings. The van der Waals surface area contributed by atoms with E-state index in [0.717, 1.165) is 66.9 Å². The number of benzene rings is 4. The van der Waals surface area contributed by atoms with Crippen molar-refractivity contribution >= 4 is 41.1 Å². The lowest BCUT2D eigenvalue weighted by atomic mass is 9.72. The van der Waals surface area contributed by atoms with E-state index in [-0.39, 0.29) is 11.8 Å². The van der Waals surface area contributed by atoms with Gasteiger partial charge in [-0.25, -0.2) is 4.79 Å². The molecule has 0 atom stereocenters. The van der Waals surface area contributed by atoms with Crippen LogP contribution < -0.4 is 21.1 Å². The van der Waals surface area contributed by atoms with Crippen LogP contribution in [0.3, 0.4) is 0 Å². The van der Waals surface area contributed by atoms with E-state index in [1.54, 1.807) is 4.90 Å². The number of anilines is 2. The zero-order chi connectivity index (χ0) is 36.2. The molecule has 2 aliphatic heterocycles. The van der Waals surface area contributed by atoms with Crippen molar-refractivity contribution in [2.24, 2.45) is 16.9 Å². The number of fused-ring (bicyclic) bond motifs is 4. The maximum atomic E-state index is 11.8. The van der Waals surface area contributed by atoms with Crippen LogP contribution in [0.1, 0.15) is 72.8 Å². The second-order valence-electron chi connectivity index (χ2n) is 13.6. The van der Waals surface area contributed by atoms with Gasteiger partial charge in [0.25, 0.3) is 0 Å². The predicted molar refractivity (Wildman–Crippen MR) is 208 cm³/mol. The Labute approximate surface area is 302 Å². The van der Waals surface area contributed by atoms with Crippen molar-refractivity contribution in [2.45, 2.75) is 51.6 Å². The monoisotopic (exact) mass is 686 g/mol. The van der Waals surface area contributed by atoms with Gasteiger partial charge in [0.1, 0.15) is 12.4 Å². The van der Waals surface area contributed by atoms with Crippen molar-refractivity contribution in [3.05, 3.63) is 131 Å². The van der Waals surface area contributed by atoms with Gasteiger partial charge in [-0.05, 0) is 91.3 Å². The van der Waals surface area contributed by atoms with Gasteiger partial charge in [-0.3, -0.25) is 9.69 Å². The van der Waals surface area contributed by atoms with E-state index < -0.39 is 12.0 Å². The molecule has 2 amide bonds. The Morgan fingerprint density at radius 2 is 1.39 bits per heavy atom. The topological polar surface area (TPSA) is 122 Å². The smallest absolute Gasteiger partial charge is 0.323 e. The summed E-state index contributed by atoms with van der Waals surface area (Å²) >= 11 is 0. The third-order valence-electron chi connectivity index (χ3n) is 9.68. The Bertz CT molecular complexity index is 1760. The van der Waals surface area contributed by atoms with Crippen molar-refractivity contribution in [3.63, 3.8) is 0 Å². The zero-order valence-electron chi connectivity index (χ0n) is 29.8. The number of urea groups is 1. The summed E-state index contributed by atoms with van der Waals surface area (Å²) in [5.41, 5.74) is 19.7. The summed E-state index contributed by atoms with van der Waals surface area (Å²) in [5.74, 6) is 0.271. The molecule has 0 radical (unpaired) electrons. The van der Waals surface area contributed by atoms with Gasteiger partial charge in [0, 0.05) is 12.1 Å². The number of carboxylic acids is 1. The third kappa shape index (κ3) is 9.54. The van der Waals surface area contributed by atoms with E-state index in [9.17, 15) is 9.59 Å². The highest BCUT2D eigenvalue weighted by atomic mass is 16.5. The minimum absolute atomic E-state index is 0.0793. The molecule has 1 aliphatic carbocycles. The lowest BCUT2D eigenvalue weighted by Gasteiger charge is -2.34. The highest BCUT2D eigenvalue weighted by molar-refractivity contribution is 6.04. The number of hydrogen-bond donors (Lipinski definition) is 3. The molecule has 7 rings (SSSR count). The van der Waals surface area contributed by atoms with Crippen LogP contribution >= 0.6 is 0 Å². The van der Waals surface area contributed by atoms with Gasteiger partial charge in [0.05, 0.1) is 17.8 Å². The molecule has 0 bridgehead atoms. The zero-order valence-corrected chi connectivity index (χ0v) is 29.8. The number of amides is 2. The lowest BCUT2D eigenvalue weighted by molar-refractivity contribution is -0.140. The molecule has 0 spiro atoms. The number of hydrogen-bond acceptors (Lipinski definition) is 5. The summed E-state index contributed by atoms with van der Waals surface area (Å²) in [4.78, 5) is 26.1. The number of rotatable bonds is 6. The lowest BCUT2D eigenvalue weighted by Crippen LogP contribution is -2.34. The molecule has 5 N–H and O–H groups in total. The first-order chi connectivity index (χ1) is 24.7. The third-order valence-corrected chi connectivity index (χ3v) is 9.68. The number of primary amides is 1. The van der Waals surface area contributed by atoms with Crippen LogP contribution in [-0.2, 0) is 11.4 Å². The second-order valence-corrected chi connectivity index (χ2v) is 13.6. The molecular formula is C43H50N4O4. The number of carboxylic acid groups (broad SMARTS) is 1. The molecule has 1 fully saturated rings. The number of carbonyl (C=O) groups excluding carboxylic acids is 1. The van der Waals surface area contributed by atoms with E-state index in [1.807, 2.05) is 66.7 Å². The van der Waals surface area contributed by atoms with Gasteiger partial charge in [-0.2, -0.15) is 0 Å². The standard InChI is InChI=1S/C19H21NO.C15H12N2O.C9H17NO2/c1-20(2)13-7-11-17-16-9-4-3-8-15(16)14-21-19-12-6-5-10-18(17)19;16-15(18)17-13-7-3-1-5-11(13)9-10-12-6-2-4-8-14(12)17;10-7-9(6-8(11)12)4-2-1-3-5-9/h3-6,8-12H,7,13-14H2,1-2H3;1-10H,(H2,16,18);1-7,10H2,(H,11,12). The molecule has 51 heavy (non-hydrogen) atoms. The van der Waals surface area contributed by atoms with Gasteiger partial charge < -0.3 is 26.2 Å². The van der Waals surface area contributed by atoms with Gasteiger partial charge in [0.2, 0.25) is 0 Å². The number of nitrogens with zero attached hydrogens (tertiary/aromatic N) is 2. The summed E-state index contributed by atoms with van der Waals surface area (Å²) in [6.07, 6.45) is 13.1. The summed E-state index contributed by atoms with van der Waals surface area (Å²) in [6, 6.07) is 31.8. The molecule has 8 heteroatoms. The molecule has 4 aromatic rings. The molecule has 4 aromatic carbocycles. The first-order valence-corrected chi connectivity index (χ1v) is 17.7. The Hall–Kier alpha value is -5.18. The van der Waals surface area contributed by atoms with Gasteiger partial charge in [-0.1, -0.05) is 116 Å². The number of aliphatic carboxylic acids is 1. The van der Waals surface area contributed by atoms with E-state index in [4.69, 9.17) is 21.3 Å². The fourth-order valence-corrected chi connectivity index (χ4v) is 7.00. The fourth-order valence-electron chi connectivity index (χ4n) is 7.00. The van der Waals surface area contributed by atoms with Crippen LogP contribution in [-0.4, -0.2) is 49.2 Å². The maximum absolute atomic E-state index is 11.8. The molecule has 0 unspecified atom stereocenters. The molecule has 0 saturated heterocycles. The van der Waals surface area contributed by atoms with Gasteiger partial charge in [-0.15, -0.1) is 0 Å². The Morgan fingerprint density at radius 3 is 1.98 bits per heavy atom. The SMILES string of the molecule is CN(C)CCC=C1c2ccccc2COc2ccccc21.NC(=O)N1c2ccccc2C=Cc2ccccc21.NCC1(CC(=O)O)CCCCC1. The van der Waals surface area contributed by atoms with Crippen LogP contribution in [0.25, 0.3) is 17.7 Å². The number of ether oxygens (including phenoxy) is 1. The Kier molecular flexibility index (Phi) is 12.8. The average molecular weight is 687 g/mol. The number of nitrogens with two attached hydrogens (primary N) is 2. The largest absolute Gasteiger partial charge is 0.488 e. The van der Waals surface area contributed by atoms with E-state index >= 15 is 0 Å². The first kappa shape index (κ1) is 37.1. The summed E-state index contributed by atoms with van der Waals surface area (Å²) in [6.45, 7) is 2.21. The Morgan fingerprint density at radius 1 is 0.824 bits per heavy atom. The van der Waals surface area contributed by atoms with Gasteiger partial charge >= 0.3 is 12.0 Å². The van der Waals surface area contributed by atoms with Crippen LogP contribution in [0.2, 0.25) is 0 Å². The molecule has 8 nitrogen and oxygen atoms in total. The van der Waals surface area contributed by atoms with Crippen molar-refractivity contribution < 1.29 is 19.4 Å². The number of para-hydroxylation sites is 3. The summed E-state index contributed by atoms with van der Waals surface area (Å²) < 4.78 is 5.98. The van der Waals surface area contributed by atoms with Crippen molar-refractivity contribution in [2.75, 3.05) is 32.1 Å². The summed E-state index contributed by atoms with van der Waals surface area (Å²) in [5, 5.41) is 8.71. The number of carbonyl (C=O) groups is 2. The predicted octanol–water partition coefficient (Wildman–Crippen LogP) is 8.72. The van der Waals surface area contributed by atoms with E-state index in [0.29, 0.717) is 13.2 Å². The quantitative estimate of drug-likeness (QED) is 0.187. The minimum atomic E-state index is -0.706. The van der Waals surface area contributed by atoms with Crippen molar-refractivity contribution in [1.82, 2.24) is 4.90 Å². The first-order valence-electron chi connectivity index (χ1n) is 17.7. The van der Waals surface area contributed by atoms with Gasteiger partial charge in [0.15, 0.2) is 0 Å². The van der Waals surface area contributed by atoms with Crippen molar-refractivity contribution in [1.29, 1.82) is 0 Å². The van der Waals surface area contributed by atoms with Crippen molar-refractivity contribution in [3.8, 4) is 5.75 Å². The van der Waals surface area contributed by atoms with Crippen LogP contribution in [0.4, 0.5) is 16.2 Å². The normalized spacial score (nSPS) is 15.9. The highest BCUT2D eigenvalue weighted by Gasteiger charge is 2.32. The molecule has 266 valence electrons. The van der Waals surface area contributed by atoms with E-state index in [1.165, 1.54) is 28.7 Å². The van der Waals surface area contributed by atoms with E-state index in [2.05, 4.69) is 67.5 Å². The molecule has 2 heterocycles. The van der Waals surface area contributed by atoms with Crippen LogP contribution in [0.5, 0.6) is 5.75 Å². The van der Waals surface area contributed by atoms with Crippen LogP contribution in [0.15, 0.2) is 103 Å². The molecular weight excluding hydrogens is 636 g/mol. The molecule has 0 aromatic heterocycles. The summed E-state index contributed by atoms with van der Waals surface area (Å²) in [7, 11) is 4.22. The second kappa shape index (κ2) is 17.7.